The van der Waals surface area contributed by atoms with Gasteiger partial charge in [0.1, 0.15) is 11.4 Å². The molecule has 1 saturated heterocycles. The van der Waals surface area contributed by atoms with Gasteiger partial charge in [-0.05, 0) is 43.2 Å². The third-order valence-corrected chi connectivity index (χ3v) is 7.77. The van der Waals surface area contributed by atoms with Crippen molar-refractivity contribution in [2.24, 2.45) is 0 Å². The zero-order chi connectivity index (χ0) is 20.6. The van der Waals surface area contributed by atoms with Crippen molar-refractivity contribution in [2.45, 2.75) is 18.8 Å². The Kier molecular flexibility index (Phi) is 5.70. The van der Waals surface area contributed by atoms with Crippen molar-refractivity contribution < 1.29 is 13.2 Å². The van der Waals surface area contributed by atoms with Crippen LogP contribution >= 0.6 is 22.9 Å². The van der Waals surface area contributed by atoms with Gasteiger partial charge in [0, 0.05) is 19.0 Å². The van der Waals surface area contributed by atoms with Crippen molar-refractivity contribution in [1.82, 2.24) is 14.1 Å². The molecule has 0 aliphatic carbocycles. The molecule has 6 nitrogen and oxygen atoms in total. The Morgan fingerprint density at radius 1 is 1.17 bits per heavy atom. The number of sulfonamides is 1. The molecule has 154 valence electrons. The highest BCUT2D eigenvalue weighted by Gasteiger charge is 2.28. The molecule has 0 saturated carbocycles. The van der Waals surface area contributed by atoms with Gasteiger partial charge >= 0.3 is 0 Å². The predicted molar refractivity (Wildman–Crippen MR) is 117 cm³/mol. The van der Waals surface area contributed by atoms with Crippen molar-refractivity contribution in [3.63, 3.8) is 0 Å². The number of benzene rings is 1. The second-order valence-corrected chi connectivity index (χ2v) is 10.8. The molecule has 3 heterocycles. The van der Waals surface area contributed by atoms with Crippen LogP contribution in [-0.4, -0.2) is 49.0 Å². The fraction of sp³-hybridized carbons (Fsp3) is 0.350. The Hall–Kier alpha value is -1.87. The van der Waals surface area contributed by atoms with E-state index in [1.165, 1.54) is 17.6 Å². The van der Waals surface area contributed by atoms with Gasteiger partial charge in [0.15, 0.2) is 0 Å². The van der Waals surface area contributed by atoms with E-state index in [1.807, 2.05) is 41.1 Å². The maximum atomic E-state index is 11.8. The van der Waals surface area contributed by atoms with E-state index >= 15 is 0 Å². The van der Waals surface area contributed by atoms with Gasteiger partial charge in [-0.1, -0.05) is 23.7 Å². The number of methoxy groups -OCH3 is 1. The summed E-state index contributed by atoms with van der Waals surface area (Å²) in [6.45, 7) is 1.04. The summed E-state index contributed by atoms with van der Waals surface area (Å²) < 4.78 is 33.3. The molecule has 0 N–H and O–H groups in total. The standard InChI is InChI=1S/C20H22ClN3O3S2/c1-27-18-6-4-3-5-16(18)24-17(19-7-8-20(21)28-19)13-15(22-24)14-9-11-23(12-10-14)29(2,25)26/h3-8,13-14H,9-12H2,1-2H3. The van der Waals surface area contributed by atoms with E-state index in [0.29, 0.717) is 13.1 Å². The molecule has 0 spiro atoms. The van der Waals surface area contributed by atoms with Crippen molar-refractivity contribution >= 4 is 33.0 Å². The van der Waals surface area contributed by atoms with E-state index < -0.39 is 10.0 Å². The van der Waals surface area contributed by atoms with Crippen LogP contribution in [0.2, 0.25) is 4.34 Å². The minimum atomic E-state index is -3.15. The van der Waals surface area contributed by atoms with Gasteiger partial charge in [-0.2, -0.15) is 5.10 Å². The first-order chi connectivity index (χ1) is 13.9. The van der Waals surface area contributed by atoms with Crippen molar-refractivity contribution in [3.05, 3.63) is 52.5 Å². The van der Waals surface area contributed by atoms with Gasteiger partial charge in [0.2, 0.25) is 10.0 Å². The number of piperidine rings is 1. The minimum Gasteiger partial charge on any atom is -0.494 e. The smallest absolute Gasteiger partial charge is 0.211 e. The third kappa shape index (κ3) is 4.21. The van der Waals surface area contributed by atoms with Gasteiger partial charge in [-0.3, -0.25) is 0 Å². The number of thiophene rings is 1. The van der Waals surface area contributed by atoms with Crippen LogP contribution in [-0.2, 0) is 10.0 Å². The van der Waals surface area contributed by atoms with Gasteiger partial charge in [0.05, 0.1) is 34.0 Å². The number of aromatic nitrogens is 2. The highest BCUT2D eigenvalue weighted by molar-refractivity contribution is 7.88. The van der Waals surface area contributed by atoms with Gasteiger partial charge in [-0.15, -0.1) is 11.3 Å². The number of halogens is 1. The van der Waals surface area contributed by atoms with Crippen LogP contribution in [0.15, 0.2) is 42.5 Å². The molecule has 0 atom stereocenters. The topological polar surface area (TPSA) is 64.4 Å². The zero-order valence-corrected chi connectivity index (χ0v) is 18.6. The fourth-order valence-electron chi connectivity index (χ4n) is 3.70. The Bertz CT molecular complexity index is 1120. The molecular formula is C20H22ClN3O3S2. The predicted octanol–water partition coefficient (Wildman–Crippen LogP) is 4.40. The van der Waals surface area contributed by atoms with Crippen LogP contribution in [0.25, 0.3) is 16.3 Å². The second-order valence-electron chi connectivity index (χ2n) is 7.08. The monoisotopic (exact) mass is 451 g/mol. The Morgan fingerprint density at radius 3 is 2.52 bits per heavy atom. The molecule has 0 amide bonds. The second kappa shape index (κ2) is 8.10. The molecule has 9 heteroatoms. The summed E-state index contributed by atoms with van der Waals surface area (Å²) in [5.74, 6) is 0.941. The number of rotatable bonds is 5. The highest BCUT2D eigenvalue weighted by atomic mass is 35.5. The molecule has 0 unspecified atom stereocenters. The number of ether oxygens (including phenoxy) is 1. The van der Waals surface area contributed by atoms with Gasteiger partial charge < -0.3 is 4.74 Å². The molecule has 2 aromatic heterocycles. The Morgan fingerprint density at radius 2 is 1.90 bits per heavy atom. The molecule has 4 rings (SSSR count). The first-order valence-electron chi connectivity index (χ1n) is 9.31. The lowest BCUT2D eigenvalue weighted by Gasteiger charge is -2.29. The number of para-hydroxylation sites is 2. The van der Waals surface area contributed by atoms with Crippen molar-refractivity contribution in [2.75, 3.05) is 26.5 Å². The van der Waals surface area contributed by atoms with Crippen LogP contribution in [0.3, 0.4) is 0 Å². The van der Waals surface area contributed by atoms with Gasteiger partial charge in [-0.25, -0.2) is 17.4 Å². The van der Waals surface area contributed by atoms with Crippen molar-refractivity contribution in [1.29, 1.82) is 0 Å². The van der Waals surface area contributed by atoms with Gasteiger partial charge in [0.25, 0.3) is 0 Å². The van der Waals surface area contributed by atoms with E-state index in [0.717, 1.165) is 44.9 Å². The first-order valence-corrected chi connectivity index (χ1v) is 12.4. The summed E-state index contributed by atoms with van der Waals surface area (Å²) in [5, 5.41) is 4.92. The Labute approximate surface area is 179 Å². The highest BCUT2D eigenvalue weighted by Crippen LogP contribution is 2.37. The third-order valence-electron chi connectivity index (χ3n) is 5.21. The molecule has 1 aliphatic rings. The van der Waals surface area contributed by atoms with Crippen LogP contribution in [0.4, 0.5) is 0 Å². The maximum Gasteiger partial charge on any atom is 0.211 e. The summed E-state index contributed by atoms with van der Waals surface area (Å²) in [6.07, 6.45) is 2.77. The zero-order valence-electron chi connectivity index (χ0n) is 16.2. The van der Waals surface area contributed by atoms with Crippen LogP contribution < -0.4 is 4.74 Å². The summed E-state index contributed by atoms with van der Waals surface area (Å²) in [5.41, 5.74) is 2.77. The van der Waals surface area contributed by atoms with Crippen LogP contribution in [0.1, 0.15) is 24.5 Å². The van der Waals surface area contributed by atoms with E-state index in [4.69, 9.17) is 21.4 Å². The molecule has 0 bridgehead atoms. The molecule has 0 radical (unpaired) electrons. The molecule has 1 fully saturated rings. The van der Waals surface area contributed by atoms with E-state index in [9.17, 15) is 8.42 Å². The fourth-order valence-corrected chi connectivity index (χ4v) is 5.62. The minimum absolute atomic E-state index is 0.207. The SMILES string of the molecule is COc1ccccc1-n1nc(C2CCN(S(C)(=O)=O)CC2)cc1-c1ccc(Cl)s1. The maximum absolute atomic E-state index is 11.8. The lowest BCUT2D eigenvalue weighted by molar-refractivity contribution is 0.318. The van der Waals surface area contributed by atoms with E-state index in [2.05, 4.69) is 6.07 Å². The lowest BCUT2D eigenvalue weighted by Crippen LogP contribution is -2.37. The largest absolute Gasteiger partial charge is 0.494 e. The normalized spacial score (nSPS) is 16.2. The van der Waals surface area contributed by atoms with E-state index in [1.54, 1.807) is 11.4 Å². The number of hydrogen-bond acceptors (Lipinski definition) is 5. The molecule has 1 aliphatic heterocycles. The molecule has 3 aromatic rings. The molecular weight excluding hydrogens is 430 g/mol. The summed E-state index contributed by atoms with van der Waals surface area (Å²) >= 11 is 7.69. The van der Waals surface area contributed by atoms with E-state index in [-0.39, 0.29) is 5.92 Å². The number of nitrogens with zero attached hydrogens (tertiary/aromatic N) is 3. The average Bonchev–Trinajstić information content (AvgIpc) is 3.33. The lowest BCUT2D eigenvalue weighted by atomic mass is 9.94. The summed E-state index contributed by atoms with van der Waals surface area (Å²) in [4.78, 5) is 1.02. The first kappa shape index (κ1) is 20.4. The van der Waals surface area contributed by atoms with Crippen LogP contribution in [0, 0.1) is 0 Å². The average molecular weight is 452 g/mol. The Balaban J connectivity index is 1.73. The van der Waals surface area contributed by atoms with Crippen LogP contribution in [0.5, 0.6) is 5.75 Å². The number of hydrogen-bond donors (Lipinski definition) is 0. The molecule has 29 heavy (non-hydrogen) atoms. The molecule has 1 aromatic carbocycles. The summed E-state index contributed by atoms with van der Waals surface area (Å²) in [6, 6.07) is 13.7. The van der Waals surface area contributed by atoms with Crippen molar-refractivity contribution in [3.8, 4) is 22.0 Å². The summed E-state index contributed by atoms with van der Waals surface area (Å²) in [7, 11) is -1.50. The quantitative estimate of drug-likeness (QED) is 0.576.